The molecule has 3 nitrogen and oxygen atoms in total. The maximum atomic E-state index is 12.3. The van der Waals surface area contributed by atoms with Crippen molar-refractivity contribution in [3.05, 3.63) is 44.8 Å². The monoisotopic (exact) mass is 305 g/mol. The number of carbonyl (C=O) groups excluding carboxylic acids is 1. The minimum atomic E-state index is -1.13. The molecule has 0 N–H and O–H groups in total. The second kappa shape index (κ2) is 6.69. The molecule has 0 amide bonds. The van der Waals surface area contributed by atoms with Crippen LogP contribution in [0.15, 0.2) is 35.0 Å². The number of nitrogens with zero attached hydrogens (tertiary/aromatic N) is 1. The van der Waals surface area contributed by atoms with E-state index in [0.717, 1.165) is 9.75 Å². The summed E-state index contributed by atoms with van der Waals surface area (Å²) in [5, 5.41) is 13.5. The fourth-order valence-corrected chi connectivity index (χ4v) is 3.66. The number of thiophene rings is 2. The van der Waals surface area contributed by atoms with E-state index >= 15 is 0 Å². The van der Waals surface area contributed by atoms with Crippen LogP contribution in [0.3, 0.4) is 0 Å². The first kappa shape index (κ1) is 14.8. The maximum absolute atomic E-state index is 12.3. The van der Waals surface area contributed by atoms with E-state index in [-0.39, 0.29) is 6.61 Å². The third-order valence-corrected chi connectivity index (χ3v) is 4.75. The van der Waals surface area contributed by atoms with Crippen LogP contribution in [0.1, 0.15) is 16.7 Å². The Balaban J connectivity index is 2.29. The molecular weight excluding hydrogens is 290 g/mol. The predicted molar refractivity (Wildman–Crippen MR) is 80.7 cm³/mol. The van der Waals surface area contributed by atoms with Gasteiger partial charge in [-0.2, -0.15) is 5.26 Å². The molecular formula is C15H15NO2S2. The van der Waals surface area contributed by atoms with Crippen LogP contribution in [0.2, 0.25) is 0 Å². The Morgan fingerprint density at radius 3 is 2.15 bits per heavy atom. The van der Waals surface area contributed by atoms with Crippen molar-refractivity contribution >= 4 is 28.6 Å². The zero-order chi connectivity index (χ0) is 14.4. The maximum Gasteiger partial charge on any atom is 0.327 e. The van der Waals surface area contributed by atoms with Gasteiger partial charge in [-0.3, -0.25) is 4.79 Å². The van der Waals surface area contributed by atoms with Crippen LogP contribution in [0, 0.1) is 16.7 Å². The number of hydrogen-bond donors (Lipinski definition) is 0. The third kappa shape index (κ3) is 3.27. The van der Waals surface area contributed by atoms with Crippen molar-refractivity contribution in [2.45, 2.75) is 19.8 Å². The second-order valence-corrected chi connectivity index (χ2v) is 6.49. The summed E-state index contributed by atoms with van der Waals surface area (Å²) in [4.78, 5) is 14.4. The molecule has 2 heterocycles. The van der Waals surface area contributed by atoms with Gasteiger partial charge in [0.05, 0.1) is 12.7 Å². The number of hydrogen-bond acceptors (Lipinski definition) is 5. The van der Waals surface area contributed by atoms with Crippen molar-refractivity contribution in [3.8, 4) is 6.07 Å². The van der Waals surface area contributed by atoms with Crippen molar-refractivity contribution < 1.29 is 9.53 Å². The van der Waals surface area contributed by atoms with Gasteiger partial charge in [0.2, 0.25) is 0 Å². The van der Waals surface area contributed by atoms with Crippen molar-refractivity contribution in [2.75, 3.05) is 6.61 Å². The molecule has 0 bridgehead atoms. The molecule has 0 atom stereocenters. The first-order valence-electron chi connectivity index (χ1n) is 6.33. The van der Waals surface area contributed by atoms with Crippen molar-refractivity contribution in [1.82, 2.24) is 0 Å². The van der Waals surface area contributed by atoms with Gasteiger partial charge in [-0.25, -0.2) is 0 Å². The number of carbonyl (C=O) groups is 1. The molecule has 2 aromatic rings. The molecule has 0 radical (unpaired) electrons. The molecule has 0 unspecified atom stereocenters. The summed E-state index contributed by atoms with van der Waals surface area (Å²) < 4.78 is 5.14. The van der Waals surface area contributed by atoms with Crippen molar-refractivity contribution in [3.63, 3.8) is 0 Å². The van der Waals surface area contributed by atoms with E-state index in [1.54, 1.807) is 29.6 Å². The SMILES string of the molecule is CCOC(=O)C(C#N)(Cc1cccs1)Cc1cccs1. The Bertz CT molecular complexity index is 546. The van der Waals surface area contributed by atoms with Crippen LogP contribution in [-0.2, 0) is 22.4 Å². The summed E-state index contributed by atoms with van der Waals surface area (Å²) >= 11 is 3.12. The van der Waals surface area contributed by atoms with Crippen molar-refractivity contribution in [1.29, 1.82) is 5.26 Å². The third-order valence-electron chi connectivity index (χ3n) is 2.99. The van der Waals surface area contributed by atoms with Gasteiger partial charge >= 0.3 is 5.97 Å². The summed E-state index contributed by atoms with van der Waals surface area (Å²) in [5.41, 5.74) is -1.13. The van der Waals surface area contributed by atoms with E-state index in [0.29, 0.717) is 12.8 Å². The molecule has 2 rings (SSSR count). The van der Waals surface area contributed by atoms with Gasteiger partial charge < -0.3 is 4.74 Å². The highest BCUT2D eigenvalue weighted by molar-refractivity contribution is 7.10. The highest BCUT2D eigenvalue weighted by Crippen LogP contribution is 2.32. The quantitative estimate of drug-likeness (QED) is 0.765. The van der Waals surface area contributed by atoms with Gasteiger partial charge in [-0.05, 0) is 29.8 Å². The Morgan fingerprint density at radius 1 is 1.25 bits per heavy atom. The van der Waals surface area contributed by atoms with Gasteiger partial charge in [0, 0.05) is 22.6 Å². The lowest BCUT2D eigenvalue weighted by molar-refractivity contribution is -0.151. The highest BCUT2D eigenvalue weighted by atomic mass is 32.1. The lowest BCUT2D eigenvalue weighted by Crippen LogP contribution is -2.35. The van der Waals surface area contributed by atoms with E-state index in [2.05, 4.69) is 6.07 Å². The molecule has 2 aromatic heterocycles. The average Bonchev–Trinajstić information content (AvgIpc) is 3.11. The van der Waals surface area contributed by atoms with Crippen molar-refractivity contribution in [2.24, 2.45) is 5.41 Å². The summed E-state index contributed by atoms with van der Waals surface area (Å²) in [5.74, 6) is -0.427. The molecule has 0 aliphatic heterocycles. The minimum Gasteiger partial charge on any atom is -0.465 e. The van der Waals surface area contributed by atoms with E-state index in [1.165, 1.54) is 0 Å². The Hall–Kier alpha value is -1.64. The van der Waals surface area contributed by atoms with Gasteiger partial charge in [0.25, 0.3) is 0 Å². The molecule has 0 aliphatic rings. The Morgan fingerprint density at radius 2 is 1.80 bits per heavy atom. The van der Waals surface area contributed by atoms with Crippen LogP contribution in [0.5, 0.6) is 0 Å². The average molecular weight is 305 g/mol. The van der Waals surface area contributed by atoms with E-state index < -0.39 is 11.4 Å². The molecule has 0 aliphatic carbocycles. The van der Waals surface area contributed by atoms with Crippen LogP contribution in [0.4, 0.5) is 0 Å². The largest absolute Gasteiger partial charge is 0.465 e. The molecule has 0 spiro atoms. The van der Waals surface area contributed by atoms with Crippen LogP contribution in [-0.4, -0.2) is 12.6 Å². The molecule has 0 saturated heterocycles. The first-order chi connectivity index (χ1) is 9.70. The predicted octanol–water partition coefficient (Wildman–Crippen LogP) is 3.67. The van der Waals surface area contributed by atoms with Crippen LogP contribution < -0.4 is 0 Å². The van der Waals surface area contributed by atoms with E-state index in [1.807, 2.05) is 35.0 Å². The fourth-order valence-electron chi connectivity index (χ4n) is 2.02. The fraction of sp³-hybridized carbons (Fsp3) is 0.333. The highest BCUT2D eigenvalue weighted by Gasteiger charge is 2.41. The van der Waals surface area contributed by atoms with Gasteiger partial charge in [0.1, 0.15) is 0 Å². The molecule has 5 heteroatoms. The van der Waals surface area contributed by atoms with E-state index in [9.17, 15) is 10.1 Å². The first-order valence-corrected chi connectivity index (χ1v) is 8.09. The number of ether oxygens (including phenoxy) is 1. The second-order valence-electron chi connectivity index (χ2n) is 4.43. The normalized spacial score (nSPS) is 11.0. The van der Waals surface area contributed by atoms with Crippen LogP contribution >= 0.6 is 22.7 Å². The summed E-state index contributed by atoms with van der Waals surface area (Å²) in [7, 11) is 0. The molecule has 0 fully saturated rings. The smallest absolute Gasteiger partial charge is 0.327 e. The number of rotatable bonds is 6. The zero-order valence-electron chi connectivity index (χ0n) is 11.2. The Labute approximate surface area is 126 Å². The zero-order valence-corrected chi connectivity index (χ0v) is 12.8. The minimum absolute atomic E-state index is 0.289. The lowest BCUT2D eigenvalue weighted by Gasteiger charge is -2.23. The molecule has 0 aromatic carbocycles. The Kier molecular flexibility index (Phi) is 4.94. The number of esters is 1. The van der Waals surface area contributed by atoms with Crippen LogP contribution in [0.25, 0.3) is 0 Å². The summed E-state index contributed by atoms with van der Waals surface area (Å²) in [6.07, 6.45) is 0.801. The molecule has 20 heavy (non-hydrogen) atoms. The lowest BCUT2D eigenvalue weighted by atomic mass is 9.81. The molecule has 104 valence electrons. The molecule has 0 saturated carbocycles. The van der Waals surface area contributed by atoms with E-state index in [4.69, 9.17) is 4.74 Å². The van der Waals surface area contributed by atoms with Gasteiger partial charge in [-0.1, -0.05) is 12.1 Å². The number of nitriles is 1. The summed E-state index contributed by atoms with van der Waals surface area (Å²) in [6.45, 7) is 2.05. The van der Waals surface area contributed by atoms with Gasteiger partial charge in [-0.15, -0.1) is 22.7 Å². The summed E-state index contributed by atoms with van der Waals surface area (Å²) in [6, 6.07) is 9.97. The van der Waals surface area contributed by atoms with Gasteiger partial charge in [0.15, 0.2) is 5.41 Å². The topological polar surface area (TPSA) is 50.1 Å². The standard InChI is InChI=1S/C15H15NO2S2/c1-2-18-14(17)15(11-16,9-12-5-3-7-19-12)10-13-6-4-8-20-13/h3-8H,2,9-10H2,1H3.